The summed E-state index contributed by atoms with van der Waals surface area (Å²) in [7, 11) is 3.33. The van der Waals surface area contributed by atoms with Gasteiger partial charge in [-0.15, -0.1) is 0 Å². The minimum absolute atomic E-state index is 0.121. The molecule has 4 atom stereocenters. The summed E-state index contributed by atoms with van der Waals surface area (Å²) in [5.41, 5.74) is 0. The third kappa shape index (κ3) is 2.57. The van der Waals surface area contributed by atoms with Crippen LogP contribution in [-0.2, 0) is 9.47 Å². The van der Waals surface area contributed by atoms with Gasteiger partial charge in [0.15, 0.2) is 0 Å². The van der Waals surface area contributed by atoms with E-state index >= 15 is 0 Å². The van der Waals surface area contributed by atoms with Gasteiger partial charge in [0.2, 0.25) is 0 Å². The molecule has 0 amide bonds. The van der Waals surface area contributed by atoms with Crippen molar-refractivity contribution in [1.29, 1.82) is 0 Å². The van der Waals surface area contributed by atoms with E-state index in [0.717, 1.165) is 0 Å². The van der Waals surface area contributed by atoms with Crippen LogP contribution in [0.15, 0.2) is 46.5 Å². The minimum atomic E-state index is -0.147. The second kappa shape index (κ2) is 6.07. The van der Waals surface area contributed by atoms with Gasteiger partial charge >= 0.3 is 0 Å². The first-order valence-electron chi connectivity index (χ1n) is 5.82. The van der Waals surface area contributed by atoms with Crippen LogP contribution in [-0.4, -0.2) is 26.4 Å². The van der Waals surface area contributed by atoms with Crippen LogP contribution >= 0.6 is 23.2 Å². The van der Waals surface area contributed by atoms with Gasteiger partial charge in [0.1, 0.15) is 0 Å². The molecule has 98 valence electrons. The van der Waals surface area contributed by atoms with E-state index in [1.165, 1.54) is 0 Å². The topological polar surface area (TPSA) is 18.5 Å². The van der Waals surface area contributed by atoms with Crippen LogP contribution in [0.5, 0.6) is 0 Å². The largest absolute Gasteiger partial charge is 0.375 e. The number of ether oxygens (including phenoxy) is 2. The summed E-state index contributed by atoms with van der Waals surface area (Å²) in [4.78, 5) is 0. The molecule has 18 heavy (non-hydrogen) atoms. The number of allylic oxidation sites excluding steroid dienone is 4. The molecule has 0 aliphatic heterocycles. The van der Waals surface area contributed by atoms with Crippen molar-refractivity contribution in [1.82, 2.24) is 0 Å². The summed E-state index contributed by atoms with van der Waals surface area (Å²) in [5, 5.41) is 1.41. The first-order valence-corrected chi connectivity index (χ1v) is 6.58. The Kier molecular flexibility index (Phi) is 4.68. The predicted molar refractivity (Wildman–Crippen MR) is 74.7 cm³/mol. The van der Waals surface area contributed by atoms with Gasteiger partial charge in [-0.25, -0.2) is 0 Å². The maximum atomic E-state index is 6.20. The number of hydrogen-bond acceptors (Lipinski definition) is 2. The molecular formula is C14H16Cl2O2. The van der Waals surface area contributed by atoms with Gasteiger partial charge in [0.05, 0.1) is 12.2 Å². The lowest BCUT2D eigenvalue weighted by atomic mass is 9.79. The van der Waals surface area contributed by atoms with Crippen molar-refractivity contribution in [3.63, 3.8) is 0 Å². The lowest BCUT2D eigenvalue weighted by Crippen LogP contribution is -2.37. The summed E-state index contributed by atoms with van der Waals surface area (Å²) < 4.78 is 11.0. The maximum Gasteiger partial charge on any atom is 0.0995 e. The Morgan fingerprint density at radius 3 is 1.56 bits per heavy atom. The second-order valence-corrected chi connectivity index (χ2v) is 5.21. The third-order valence-electron chi connectivity index (χ3n) is 3.37. The average molecular weight is 287 g/mol. The Labute approximate surface area is 118 Å². The zero-order valence-electron chi connectivity index (χ0n) is 10.3. The molecule has 0 spiro atoms. The fourth-order valence-corrected chi connectivity index (χ4v) is 3.13. The van der Waals surface area contributed by atoms with Crippen molar-refractivity contribution in [3.05, 3.63) is 46.5 Å². The molecule has 0 N–H and O–H groups in total. The van der Waals surface area contributed by atoms with Crippen molar-refractivity contribution < 1.29 is 9.47 Å². The summed E-state index contributed by atoms with van der Waals surface area (Å²) in [6.45, 7) is 0. The van der Waals surface area contributed by atoms with Crippen molar-refractivity contribution in [2.45, 2.75) is 12.2 Å². The van der Waals surface area contributed by atoms with E-state index in [2.05, 4.69) is 12.2 Å². The fraction of sp³-hybridized carbons (Fsp3) is 0.429. The maximum absolute atomic E-state index is 6.20. The molecule has 2 aliphatic rings. The van der Waals surface area contributed by atoms with Gasteiger partial charge in [-0.1, -0.05) is 47.5 Å². The van der Waals surface area contributed by atoms with Crippen LogP contribution in [0.25, 0.3) is 0 Å². The molecule has 0 aromatic heterocycles. The third-order valence-corrected chi connectivity index (χ3v) is 4.05. The van der Waals surface area contributed by atoms with Crippen molar-refractivity contribution in [2.75, 3.05) is 14.2 Å². The van der Waals surface area contributed by atoms with Crippen LogP contribution in [0.1, 0.15) is 0 Å². The molecule has 0 fully saturated rings. The van der Waals surface area contributed by atoms with Crippen molar-refractivity contribution in [2.24, 2.45) is 11.8 Å². The molecule has 0 saturated heterocycles. The quantitative estimate of drug-likeness (QED) is 0.789. The highest BCUT2D eigenvalue weighted by molar-refractivity contribution is 6.30. The van der Waals surface area contributed by atoms with Crippen LogP contribution < -0.4 is 0 Å². The Morgan fingerprint density at radius 2 is 1.22 bits per heavy atom. The average Bonchev–Trinajstić information content (AvgIpc) is 2.38. The van der Waals surface area contributed by atoms with Crippen LogP contribution in [0, 0.1) is 11.8 Å². The lowest BCUT2D eigenvalue weighted by molar-refractivity contribution is 0.0343. The number of halogens is 2. The number of hydrogen-bond donors (Lipinski definition) is 0. The standard InChI is InChI=1S/C14H16Cl2O2/c1-17-13-9(5-3-7-11(13)15)10-6-4-8-12(16)14(10)18-2/h3-10,13-14H,1-2H3/t9?,10?,13-,14?/m0/s1. The van der Waals surface area contributed by atoms with Gasteiger partial charge in [0.25, 0.3) is 0 Å². The van der Waals surface area contributed by atoms with E-state index in [-0.39, 0.29) is 24.0 Å². The Morgan fingerprint density at radius 1 is 0.833 bits per heavy atom. The summed E-state index contributed by atoms with van der Waals surface area (Å²) >= 11 is 12.4. The second-order valence-electron chi connectivity index (χ2n) is 4.34. The van der Waals surface area contributed by atoms with E-state index in [1.54, 1.807) is 14.2 Å². The van der Waals surface area contributed by atoms with Gasteiger partial charge in [-0.3, -0.25) is 0 Å². The van der Waals surface area contributed by atoms with E-state index < -0.39 is 0 Å². The highest BCUT2D eigenvalue weighted by Crippen LogP contribution is 2.37. The molecule has 0 saturated carbocycles. The zero-order chi connectivity index (χ0) is 13.1. The molecule has 4 heteroatoms. The number of methoxy groups -OCH3 is 2. The molecular weight excluding hydrogens is 271 g/mol. The monoisotopic (exact) mass is 286 g/mol. The van der Waals surface area contributed by atoms with Gasteiger partial charge in [0, 0.05) is 36.1 Å². The SMILES string of the molecule is COC1C(Cl)=CC=CC1C1C=CC=C(Cl)[C@H]1OC. The Bertz CT molecular complexity index is 384. The van der Waals surface area contributed by atoms with E-state index in [0.29, 0.717) is 10.1 Å². The van der Waals surface area contributed by atoms with Gasteiger partial charge in [-0.2, -0.15) is 0 Å². The Hall–Kier alpha value is -0.540. The van der Waals surface area contributed by atoms with Crippen LogP contribution in [0.3, 0.4) is 0 Å². The first kappa shape index (κ1) is 13.9. The summed E-state index contributed by atoms with van der Waals surface area (Å²) in [6.07, 6.45) is 11.5. The van der Waals surface area contributed by atoms with Crippen LogP contribution in [0.4, 0.5) is 0 Å². The molecule has 2 rings (SSSR count). The molecule has 0 heterocycles. The highest BCUT2D eigenvalue weighted by atomic mass is 35.5. The first-order chi connectivity index (χ1) is 8.69. The summed E-state index contributed by atoms with van der Waals surface area (Å²) in [6, 6.07) is 0. The number of rotatable bonds is 3. The van der Waals surface area contributed by atoms with Gasteiger partial charge < -0.3 is 9.47 Å². The Balaban J connectivity index is 2.25. The molecule has 2 aliphatic carbocycles. The van der Waals surface area contributed by atoms with Crippen molar-refractivity contribution >= 4 is 23.2 Å². The van der Waals surface area contributed by atoms with E-state index in [1.807, 2.05) is 24.3 Å². The lowest BCUT2D eigenvalue weighted by Gasteiger charge is -2.35. The van der Waals surface area contributed by atoms with Crippen molar-refractivity contribution in [3.8, 4) is 0 Å². The smallest absolute Gasteiger partial charge is 0.0995 e. The van der Waals surface area contributed by atoms with E-state index in [4.69, 9.17) is 32.7 Å². The van der Waals surface area contributed by atoms with Crippen LogP contribution in [0.2, 0.25) is 0 Å². The molecule has 0 aromatic rings. The molecule has 0 bridgehead atoms. The molecule has 0 radical (unpaired) electrons. The molecule has 0 aromatic carbocycles. The zero-order valence-corrected chi connectivity index (χ0v) is 11.9. The molecule has 2 nitrogen and oxygen atoms in total. The summed E-state index contributed by atoms with van der Waals surface area (Å²) in [5.74, 6) is 0.243. The highest BCUT2D eigenvalue weighted by Gasteiger charge is 2.36. The predicted octanol–water partition coefficient (Wildman–Crippen LogP) is 3.63. The van der Waals surface area contributed by atoms with E-state index in [9.17, 15) is 0 Å². The normalized spacial score (nSPS) is 35.3. The van der Waals surface area contributed by atoms with Gasteiger partial charge in [-0.05, 0) is 12.2 Å². The fourth-order valence-electron chi connectivity index (χ4n) is 2.51. The minimum Gasteiger partial charge on any atom is -0.375 e. The molecule has 3 unspecified atom stereocenters.